The molecule has 1 aliphatic rings. The molecule has 7 nitrogen and oxygen atoms in total. The highest BCUT2D eigenvalue weighted by Gasteiger charge is 2.32. The predicted octanol–water partition coefficient (Wildman–Crippen LogP) is -0.0371. The van der Waals surface area contributed by atoms with Crippen LogP contribution in [0.15, 0.2) is 37.2 Å². The lowest BCUT2D eigenvalue weighted by Crippen LogP contribution is -2.56. The van der Waals surface area contributed by atoms with E-state index >= 15 is 0 Å². The molecule has 0 unspecified atom stereocenters. The Hall–Kier alpha value is -2.44. The lowest BCUT2D eigenvalue weighted by molar-refractivity contribution is -0.140. The van der Waals surface area contributed by atoms with E-state index < -0.39 is 0 Å². The molecule has 0 spiro atoms. The fourth-order valence-electron chi connectivity index (χ4n) is 1.88. The van der Waals surface area contributed by atoms with Gasteiger partial charge in [-0.1, -0.05) is 0 Å². The van der Waals surface area contributed by atoms with Crippen LogP contribution in [0.3, 0.4) is 0 Å². The summed E-state index contributed by atoms with van der Waals surface area (Å²) in [6, 6.07) is 3.68. The maximum Gasteiger partial charge on any atom is 0.244 e. The first-order valence-corrected chi connectivity index (χ1v) is 5.98. The van der Waals surface area contributed by atoms with Crippen molar-refractivity contribution in [2.45, 2.75) is 12.6 Å². The van der Waals surface area contributed by atoms with Gasteiger partial charge in [0.2, 0.25) is 5.91 Å². The van der Waals surface area contributed by atoms with E-state index in [2.05, 4.69) is 15.1 Å². The van der Waals surface area contributed by atoms with E-state index in [-0.39, 0.29) is 18.6 Å². The summed E-state index contributed by atoms with van der Waals surface area (Å²) in [5.74, 6) is 0.757. The number of carbonyl (C=O) groups excluding carboxylic acids is 1. The van der Waals surface area contributed by atoms with Crippen LogP contribution in [0.4, 0.5) is 0 Å². The van der Waals surface area contributed by atoms with Crippen LogP contribution in [0.2, 0.25) is 0 Å². The molecule has 19 heavy (non-hydrogen) atoms. The topological polar surface area (TPSA) is 73.1 Å². The third-order valence-corrected chi connectivity index (χ3v) is 2.90. The lowest BCUT2D eigenvalue weighted by Gasteiger charge is -2.38. The second-order valence-corrected chi connectivity index (χ2v) is 4.32. The Morgan fingerprint density at radius 1 is 1.42 bits per heavy atom. The van der Waals surface area contributed by atoms with E-state index in [1.807, 2.05) is 12.1 Å². The Bertz CT molecular complexity index is 537. The highest BCUT2D eigenvalue weighted by molar-refractivity contribution is 5.76. The maximum absolute atomic E-state index is 11.9. The number of pyridine rings is 1. The Morgan fingerprint density at radius 3 is 3.00 bits per heavy atom. The summed E-state index contributed by atoms with van der Waals surface area (Å²) in [6.07, 6.45) is 6.35. The van der Waals surface area contributed by atoms with Crippen LogP contribution in [-0.2, 0) is 11.3 Å². The number of ether oxygens (including phenoxy) is 1. The monoisotopic (exact) mass is 259 g/mol. The molecule has 0 aliphatic carbocycles. The second kappa shape index (κ2) is 5.05. The predicted molar refractivity (Wildman–Crippen MR) is 65.3 cm³/mol. The smallest absolute Gasteiger partial charge is 0.244 e. The minimum Gasteiger partial charge on any atom is -0.485 e. The van der Waals surface area contributed by atoms with Gasteiger partial charge >= 0.3 is 0 Å². The quantitative estimate of drug-likeness (QED) is 0.770. The van der Waals surface area contributed by atoms with E-state index in [4.69, 9.17) is 4.74 Å². The van der Waals surface area contributed by atoms with Crippen molar-refractivity contribution in [2.24, 2.45) is 0 Å². The van der Waals surface area contributed by atoms with Gasteiger partial charge in [0.15, 0.2) is 0 Å². The second-order valence-electron chi connectivity index (χ2n) is 4.32. The summed E-state index contributed by atoms with van der Waals surface area (Å²) >= 11 is 0. The van der Waals surface area contributed by atoms with Gasteiger partial charge in [0.05, 0.1) is 19.3 Å². The van der Waals surface area contributed by atoms with E-state index in [0.29, 0.717) is 13.1 Å². The van der Waals surface area contributed by atoms with Gasteiger partial charge < -0.3 is 9.64 Å². The molecular weight excluding hydrogens is 246 g/mol. The number of amides is 1. The fourth-order valence-corrected chi connectivity index (χ4v) is 1.88. The molecular formula is C12H13N5O2. The molecule has 1 fully saturated rings. The van der Waals surface area contributed by atoms with Gasteiger partial charge in [-0.05, 0) is 12.1 Å². The third kappa shape index (κ3) is 2.70. The molecule has 0 aromatic carbocycles. The zero-order chi connectivity index (χ0) is 13.1. The standard InChI is InChI=1S/C12H13N5O2/c18-12(7-17-9-14-8-15-17)16-5-11(6-16)19-10-2-1-3-13-4-10/h1-4,8-9,11H,5-7H2. The van der Waals surface area contributed by atoms with Crippen molar-refractivity contribution in [1.82, 2.24) is 24.6 Å². The van der Waals surface area contributed by atoms with Crippen molar-refractivity contribution in [3.8, 4) is 5.75 Å². The van der Waals surface area contributed by atoms with Crippen LogP contribution < -0.4 is 4.74 Å². The summed E-state index contributed by atoms with van der Waals surface area (Å²) in [6.45, 7) is 1.42. The highest BCUT2D eigenvalue weighted by atomic mass is 16.5. The molecule has 1 amide bonds. The van der Waals surface area contributed by atoms with Crippen LogP contribution >= 0.6 is 0 Å². The van der Waals surface area contributed by atoms with Crippen molar-refractivity contribution in [3.63, 3.8) is 0 Å². The van der Waals surface area contributed by atoms with Crippen LogP contribution in [0, 0.1) is 0 Å². The first-order chi connectivity index (χ1) is 9.31. The van der Waals surface area contributed by atoms with Crippen LogP contribution in [0.1, 0.15) is 0 Å². The zero-order valence-corrected chi connectivity index (χ0v) is 10.2. The van der Waals surface area contributed by atoms with Gasteiger partial charge in [0.25, 0.3) is 0 Å². The fraction of sp³-hybridized carbons (Fsp3) is 0.333. The van der Waals surface area contributed by atoms with Crippen LogP contribution in [-0.4, -0.2) is 49.7 Å². The average Bonchev–Trinajstić information content (AvgIpc) is 2.87. The number of rotatable bonds is 4. The van der Waals surface area contributed by atoms with Crippen LogP contribution in [0.5, 0.6) is 5.75 Å². The molecule has 0 bridgehead atoms. The van der Waals surface area contributed by atoms with Gasteiger partial charge in [-0.25, -0.2) is 9.67 Å². The Morgan fingerprint density at radius 2 is 2.32 bits per heavy atom. The number of likely N-dealkylation sites (tertiary alicyclic amines) is 1. The first kappa shape index (κ1) is 11.6. The van der Waals surface area contributed by atoms with Crippen molar-refractivity contribution >= 4 is 5.91 Å². The molecule has 1 aliphatic heterocycles. The molecule has 0 atom stereocenters. The van der Waals surface area contributed by atoms with Crippen LogP contribution in [0.25, 0.3) is 0 Å². The largest absolute Gasteiger partial charge is 0.485 e. The molecule has 3 rings (SSSR count). The lowest BCUT2D eigenvalue weighted by atomic mass is 10.1. The molecule has 0 radical (unpaired) electrons. The van der Waals surface area contributed by atoms with Crippen molar-refractivity contribution in [1.29, 1.82) is 0 Å². The van der Waals surface area contributed by atoms with E-state index in [1.54, 1.807) is 17.3 Å². The number of hydrogen-bond donors (Lipinski definition) is 0. The van der Waals surface area contributed by atoms with Gasteiger partial charge in [-0.2, -0.15) is 5.10 Å². The van der Waals surface area contributed by atoms with Gasteiger partial charge in [0.1, 0.15) is 31.1 Å². The molecule has 0 saturated carbocycles. The summed E-state index contributed by atoms with van der Waals surface area (Å²) in [5, 5.41) is 3.90. The summed E-state index contributed by atoms with van der Waals surface area (Å²) in [5.41, 5.74) is 0. The molecule has 1 saturated heterocycles. The Kier molecular flexibility index (Phi) is 3.09. The molecule has 2 aromatic rings. The summed E-state index contributed by atoms with van der Waals surface area (Å²) in [7, 11) is 0. The average molecular weight is 259 g/mol. The minimum absolute atomic E-state index is 0.0246. The molecule has 98 valence electrons. The van der Waals surface area contributed by atoms with E-state index in [1.165, 1.54) is 17.3 Å². The Balaban J connectivity index is 1.46. The number of carbonyl (C=O) groups is 1. The Labute approximate surface area is 109 Å². The zero-order valence-electron chi connectivity index (χ0n) is 10.2. The number of aromatic nitrogens is 4. The van der Waals surface area contributed by atoms with Gasteiger partial charge in [-0.3, -0.25) is 9.78 Å². The number of hydrogen-bond acceptors (Lipinski definition) is 5. The van der Waals surface area contributed by atoms with Crippen molar-refractivity contribution in [3.05, 3.63) is 37.2 Å². The minimum atomic E-state index is 0.0246. The normalized spacial score (nSPS) is 15.1. The maximum atomic E-state index is 11.9. The van der Waals surface area contributed by atoms with Gasteiger partial charge in [0, 0.05) is 6.20 Å². The van der Waals surface area contributed by atoms with E-state index in [0.717, 1.165) is 5.75 Å². The molecule has 7 heteroatoms. The number of nitrogens with zero attached hydrogens (tertiary/aromatic N) is 5. The first-order valence-electron chi connectivity index (χ1n) is 5.98. The van der Waals surface area contributed by atoms with Gasteiger partial charge in [-0.15, -0.1) is 0 Å². The summed E-state index contributed by atoms with van der Waals surface area (Å²) < 4.78 is 7.19. The third-order valence-electron chi connectivity index (χ3n) is 2.90. The molecule has 0 N–H and O–H groups in total. The van der Waals surface area contributed by atoms with E-state index in [9.17, 15) is 4.79 Å². The summed E-state index contributed by atoms with van der Waals surface area (Å²) in [4.78, 5) is 21.4. The highest BCUT2D eigenvalue weighted by Crippen LogP contribution is 2.16. The molecule has 3 heterocycles. The van der Waals surface area contributed by atoms with Crippen molar-refractivity contribution in [2.75, 3.05) is 13.1 Å². The molecule has 2 aromatic heterocycles. The SMILES string of the molecule is O=C(Cn1cncn1)N1CC(Oc2cccnc2)C1. The van der Waals surface area contributed by atoms with Crippen molar-refractivity contribution < 1.29 is 9.53 Å².